The number of carbonyl (C=O) groups is 1. The number of nitrogens with two attached hydrogens (primary N) is 1. The fourth-order valence-corrected chi connectivity index (χ4v) is 1.91. The lowest BCUT2D eigenvalue weighted by molar-refractivity contribution is -0.116. The maximum atomic E-state index is 11.8. The first-order valence-electron chi connectivity index (χ1n) is 6.59. The highest BCUT2D eigenvalue weighted by atomic mass is 32.1. The summed E-state index contributed by atoms with van der Waals surface area (Å²) in [5.41, 5.74) is 7.01. The summed E-state index contributed by atoms with van der Waals surface area (Å²) >= 11 is 4.87. The first-order chi connectivity index (χ1) is 9.56. The van der Waals surface area contributed by atoms with E-state index in [0.29, 0.717) is 24.5 Å². The minimum absolute atomic E-state index is 0.0514. The molecule has 20 heavy (non-hydrogen) atoms. The quantitative estimate of drug-likeness (QED) is 0.623. The second kappa shape index (κ2) is 8.63. The lowest BCUT2D eigenvalue weighted by Gasteiger charge is -2.18. The van der Waals surface area contributed by atoms with Gasteiger partial charge in [-0.2, -0.15) is 0 Å². The van der Waals surface area contributed by atoms with Gasteiger partial charge in [0.05, 0.1) is 6.61 Å². The average Bonchev–Trinajstić information content (AvgIpc) is 2.44. The summed E-state index contributed by atoms with van der Waals surface area (Å²) in [4.78, 5) is 14.2. The van der Waals surface area contributed by atoms with E-state index in [0.717, 1.165) is 17.8 Å². The molecule has 6 heteroatoms. The molecule has 0 radical (unpaired) electrons. The first-order valence-corrected chi connectivity index (χ1v) is 7.00. The van der Waals surface area contributed by atoms with Gasteiger partial charge in [-0.3, -0.25) is 4.79 Å². The van der Waals surface area contributed by atoms with Crippen LogP contribution in [0.5, 0.6) is 0 Å². The lowest BCUT2D eigenvalue weighted by atomic mass is 10.2. The number of amides is 1. The Labute approximate surface area is 124 Å². The topological polar surface area (TPSA) is 78.6 Å². The second-order valence-corrected chi connectivity index (χ2v) is 4.84. The van der Waals surface area contributed by atoms with Crippen LogP contribution in [-0.4, -0.2) is 47.1 Å². The fourth-order valence-electron chi connectivity index (χ4n) is 1.77. The van der Waals surface area contributed by atoms with E-state index in [1.54, 1.807) is 24.3 Å². The van der Waals surface area contributed by atoms with Gasteiger partial charge in [-0.25, -0.2) is 0 Å². The monoisotopic (exact) mass is 295 g/mol. The van der Waals surface area contributed by atoms with E-state index >= 15 is 0 Å². The van der Waals surface area contributed by atoms with E-state index < -0.39 is 0 Å². The van der Waals surface area contributed by atoms with E-state index in [4.69, 9.17) is 23.1 Å². The largest absolute Gasteiger partial charge is 0.395 e. The van der Waals surface area contributed by atoms with Crippen LogP contribution in [0.15, 0.2) is 24.3 Å². The molecular formula is C14H21N3O2S. The summed E-state index contributed by atoms with van der Waals surface area (Å²) in [6.07, 6.45) is 0.394. The molecular weight excluding hydrogens is 274 g/mol. The Hall–Kier alpha value is -1.50. The molecule has 0 atom stereocenters. The van der Waals surface area contributed by atoms with Crippen molar-refractivity contribution in [3.63, 3.8) is 0 Å². The standard InChI is InChI=1S/C14H21N3O2S/c1-2-17(9-10-18)8-7-13(19)16-12-5-3-11(4-6-12)14(15)20/h3-6,18H,2,7-10H2,1H3,(H2,15,20)(H,16,19). The van der Waals surface area contributed by atoms with Crippen LogP contribution in [0.1, 0.15) is 18.9 Å². The predicted octanol–water partition coefficient (Wildman–Crippen LogP) is 0.964. The zero-order valence-electron chi connectivity index (χ0n) is 11.6. The zero-order valence-corrected chi connectivity index (χ0v) is 12.4. The molecule has 0 fully saturated rings. The molecule has 4 N–H and O–H groups in total. The molecule has 1 aromatic rings. The highest BCUT2D eigenvalue weighted by Gasteiger charge is 2.07. The zero-order chi connectivity index (χ0) is 15.0. The van der Waals surface area contributed by atoms with Crippen molar-refractivity contribution in [2.24, 2.45) is 5.73 Å². The summed E-state index contributed by atoms with van der Waals surface area (Å²) in [5, 5.41) is 11.7. The molecule has 1 aromatic carbocycles. The summed E-state index contributed by atoms with van der Waals surface area (Å²) in [5.74, 6) is -0.0514. The summed E-state index contributed by atoms with van der Waals surface area (Å²) in [7, 11) is 0. The van der Waals surface area contributed by atoms with Crippen LogP contribution < -0.4 is 11.1 Å². The Morgan fingerprint density at radius 2 is 2.00 bits per heavy atom. The van der Waals surface area contributed by atoms with Crippen LogP contribution in [0.25, 0.3) is 0 Å². The van der Waals surface area contributed by atoms with Crippen molar-refractivity contribution in [3.05, 3.63) is 29.8 Å². The molecule has 0 saturated heterocycles. The molecule has 0 unspecified atom stereocenters. The molecule has 5 nitrogen and oxygen atoms in total. The highest BCUT2D eigenvalue weighted by Crippen LogP contribution is 2.10. The number of hydrogen-bond donors (Lipinski definition) is 3. The molecule has 0 aliphatic heterocycles. The van der Waals surface area contributed by atoms with Gasteiger partial charge in [0, 0.05) is 30.8 Å². The number of anilines is 1. The molecule has 1 rings (SSSR count). The number of nitrogens with one attached hydrogen (secondary N) is 1. The van der Waals surface area contributed by atoms with E-state index in [-0.39, 0.29) is 12.5 Å². The van der Waals surface area contributed by atoms with Crippen LogP contribution >= 0.6 is 12.2 Å². The van der Waals surface area contributed by atoms with E-state index in [2.05, 4.69) is 5.32 Å². The van der Waals surface area contributed by atoms with Gasteiger partial charge in [-0.05, 0) is 30.8 Å². The lowest BCUT2D eigenvalue weighted by Crippen LogP contribution is -2.30. The van der Waals surface area contributed by atoms with Gasteiger partial charge < -0.3 is 21.1 Å². The number of benzene rings is 1. The number of likely N-dealkylation sites (N-methyl/N-ethyl adjacent to an activating group) is 1. The van der Waals surface area contributed by atoms with Gasteiger partial charge in [-0.1, -0.05) is 19.1 Å². The van der Waals surface area contributed by atoms with Crippen LogP contribution in [0, 0.1) is 0 Å². The predicted molar refractivity (Wildman–Crippen MR) is 84.8 cm³/mol. The van der Waals surface area contributed by atoms with E-state index in [9.17, 15) is 4.79 Å². The van der Waals surface area contributed by atoms with Gasteiger partial charge in [0.15, 0.2) is 0 Å². The Morgan fingerprint density at radius 1 is 1.35 bits per heavy atom. The Bertz CT molecular complexity index is 448. The minimum atomic E-state index is -0.0514. The number of aliphatic hydroxyl groups excluding tert-OH is 1. The second-order valence-electron chi connectivity index (χ2n) is 4.40. The maximum absolute atomic E-state index is 11.8. The summed E-state index contributed by atoms with van der Waals surface area (Å²) in [6, 6.07) is 7.11. The minimum Gasteiger partial charge on any atom is -0.395 e. The Kier molecular flexibility index (Phi) is 7.14. The number of carbonyl (C=O) groups excluding carboxylic acids is 1. The van der Waals surface area contributed by atoms with Gasteiger partial charge in [-0.15, -0.1) is 0 Å². The van der Waals surface area contributed by atoms with E-state index in [1.165, 1.54) is 0 Å². The third-order valence-electron chi connectivity index (χ3n) is 2.97. The summed E-state index contributed by atoms with van der Waals surface area (Å²) < 4.78 is 0. The summed E-state index contributed by atoms with van der Waals surface area (Å²) in [6.45, 7) is 4.15. The molecule has 0 heterocycles. The van der Waals surface area contributed by atoms with Crippen molar-refractivity contribution in [1.29, 1.82) is 0 Å². The van der Waals surface area contributed by atoms with Crippen molar-refractivity contribution in [2.75, 3.05) is 31.6 Å². The molecule has 0 aliphatic rings. The van der Waals surface area contributed by atoms with Crippen LogP contribution in [0.2, 0.25) is 0 Å². The molecule has 0 saturated carbocycles. The smallest absolute Gasteiger partial charge is 0.225 e. The molecule has 110 valence electrons. The van der Waals surface area contributed by atoms with Crippen LogP contribution in [0.3, 0.4) is 0 Å². The van der Waals surface area contributed by atoms with Gasteiger partial charge in [0.25, 0.3) is 0 Å². The molecule has 0 spiro atoms. The third kappa shape index (κ3) is 5.64. The van der Waals surface area contributed by atoms with Gasteiger partial charge in [0.1, 0.15) is 4.99 Å². The number of thiocarbonyl (C=S) groups is 1. The van der Waals surface area contributed by atoms with Gasteiger partial charge >= 0.3 is 0 Å². The van der Waals surface area contributed by atoms with Crippen molar-refractivity contribution in [3.8, 4) is 0 Å². The van der Waals surface area contributed by atoms with Crippen molar-refractivity contribution < 1.29 is 9.90 Å². The van der Waals surface area contributed by atoms with Crippen LogP contribution in [0.4, 0.5) is 5.69 Å². The number of hydrogen-bond acceptors (Lipinski definition) is 4. The Morgan fingerprint density at radius 3 is 2.50 bits per heavy atom. The van der Waals surface area contributed by atoms with Crippen molar-refractivity contribution >= 4 is 28.8 Å². The molecule has 0 bridgehead atoms. The SMILES string of the molecule is CCN(CCO)CCC(=O)Nc1ccc(C(N)=S)cc1. The van der Waals surface area contributed by atoms with Crippen molar-refractivity contribution in [1.82, 2.24) is 4.90 Å². The van der Waals surface area contributed by atoms with Gasteiger partial charge in [0.2, 0.25) is 5.91 Å². The highest BCUT2D eigenvalue weighted by molar-refractivity contribution is 7.80. The maximum Gasteiger partial charge on any atom is 0.225 e. The number of nitrogens with zero attached hydrogens (tertiary/aromatic N) is 1. The average molecular weight is 295 g/mol. The Balaban J connectivity index is 2.43. The van der Waals surface area contributed by atoms with E-state index in [1.807, 2.05) is 11.8 Å². The van der Waals surface area contributed by atoms with Crippen molar-refractivity contribution in [2.45, 2.75) is 13.3 Å². The third-order valence-corrected chi connectivity index (χ3v) is 3.21. The van der Waals surface area contributed by atoms with Crippen LogP contribution in [-0.2, 0) is 4.79 Å². The first kappa shape index (κ1) is 16.6. The molecule has 0 aromatic heterocycles. The number of rotatable bonds is 8. The molecule has 1 amide bonds. The normalized spacial score (nSPS) is 10.6. The number of aliphatic hydroxyl groups is 1. The fraction of sp³-hybridized carbons (Fsp3) is 0.429. The molecule has 0 aliphatic carbocycles.